The van der Waals surface area contributed by atoms with Gasteiger partial charge in [-0.3, -0.25) is 0 Å². The monoisotopic (exact) mass is 369 g/mol. The average Bonchev–Trinajstić information content (AvgIpc) is 2.45. The summed E-state index contributed by atoms with van der Waals surface area (Å²) >= 11 is 0. The highest BCUT2D eigenvalue weighted by Gasteiger charge is 2.31. The molecule has 2 aromatic carbocycles. The van der Waals surface area contributed by atoms with Gasteiger partial charge >= 0.3 is 13.0 Å². The zero-order chi connectivity index (χ0) is 17.0. The third-order valence-corrected chi connectivity index (χ3v) is 2.94. The van der Waals surface area contributed by atoms with E-state index in [9.17, 15) is 22.0 Å². The number of nitrogens with two attached hydrogens (primary N) is 1. The Kier molecular flexibility index (Phi) is 6.80. The molecule has 132 valence electrons. The Labute approximate surface area is 140 Å². The summed E-state index contributed by atoms with van der Waals surface area (Å²) in [6, 6.07) is 9.94. The Bertz CT molecular complexity index is 649. The second kappa shape index (κ2) is 8.16. The van der Waals surface area contributed by atoms with E-state index in [0.717, 1.165) is 12.1 Å². The molecule has 24 heavy (non-hydrogen) atoms. The van der Waals surface area contributed by atoms with E-state index in [4.69, 9.17) is 5.73 Å². The number of benzene rings is 2. The molecule has 1 atom stereocenters. The lowest BCUT2D eigenvalue weighted by molar-refractivity contribution is -0.274. The van der Waals surface area contributed by atoms with Crippen molar-refractivity contribution in [2.45, 2.75) is 19.0 Å². The van der Waals surface area contributed by atoms with E-state index in [1.807, 2.05) is 0 Å². The summed E-state index contributed by atoms with van der Waals surface area (Å²) in [6.07, 6.45) is -4.79. The van der Waals surface area contributed by atoms with Crippen LogP contribution in [0, 0.1) is 0 Å². The molecular weight excluding hydrogens is 357 g/mol. The zero-order valence-electron chi connectivity index (χ0n) is 12.0. The Morgan fingerprint density at radius 1 is 0.917 bits per heavy atom. The van der Waals surface area contributed by atoms with Crippen molar-refractivity contribution >= 4 is 12.4 Å². The van der Waals surface area contributed by atoms with Gasteiger partial charge in [-0.15, -0.1) is 25.6 Å². The number of rotatable bonds is 5. The maximum Gasteiger partial charge on any atom is 0.573 e. The van der Waals surface area contributed by atoms with Crippen molar-refractivity contribution in [1.82, 2.24) is 0 Å². The van der Waals surface area contributed by atoms with E-state index in [2.05, 4.69) is 9.47 Å². The molecule has 2 rings (SSSR count). The van der Waals surface area contributed by atoms with Gasteiger partial charge in [-0.2, -0.15) is 8.78 Å². The molecule has 0 aliphatic rings. The average molecular weight is 370 g/mol. The van der Waals surface area contributed by atoms with Gasteiger partial charge in [0.1, 0.15) is 11.5 Å². The van der Waals surface area contributed by atoms with E-state index in [1.165, 1.54) is 30.3 Å². The third kappa shape index (κ3) is 5.54. The van der Waals surface area contributed by atoms with Gasteiger partial charge < -0.3 is 15.2 Å². The minimum atomic E-state index is -4.79. The lowest BCUT2D eigenvalue weighted by Crippen LogP contribution is -2.17. The number of hydrogen-bond donors (Lipinski definition) is 1. The summed E-state index contributed by atoms with van der Waals surface area (Å²) < 4.78 is 69.2. The Morgan fingerprint density at radius 3 is 2.04 bits per heavy atom. The fourth-order valence-electron chi connectivity index (χ4n) is 2.00. The molecule has 3 nitrogen and oxygen atoms in total. The minimum Gasteiger partial charge on any atom is -0.434 e. The number of halogens is 6. The number of alkyl halides is 5. The van der Waals surface area contributed by atoms with Crippen LogP contribution in [-0.4, -0.2) is 13.0 Å². The largest absolute Gasteiger partial charge is 0.573 e. The lowest BCUT2D eigenvalue weighted by atomic mass is 9.99. The van der Waals surface area contributed by atoms with Gasteiger partial charge in [0.25, 0.3) is 0 Å². The molecule has 0 unspecified atom stereocenters. The van der Waals surface area contributed by atoms with Crippen molar-refractivity contribution in [3.63, 3.8) is 0 Å². The standard InChI is InChI=1S/C15H12F5NO2.ClH/c16-14(17)22-12-4-2-1-3-11(12)13(21)9-5-7-10(8-6-9)23-15(18,19)20;/h1-8,13-14H,21H2;1H/t13-;/m1./s1. The molecule has 2 N–H and O–H groups in total. The van der Waals surface area contributed by atoms with Gasteiger partial charge in [-0.1, -0.05) is 30.3 Å². The molecule has 0 fully saturated rings. The number of hydrogen-bond acceptors (Lipinski definition) is 3. The normalized spacial score (nSPS) is 12.5. The van der Waals surface area contributed by atoms with E-state index in [1.54, 1.807) is 6.07 Å². The molecule has 0 aromatic heterocycles. The molecule has 0 saturated heterocycles. The maximum atomic E-state index is 12.4. The highest BCUT2D eigenvalue weighted by molar-refractivity contribution is 5.85. The lowest BCUT2D eigenvalue weighted by Gasteiger charge is -2.17. The van der Waals surface area contributed by atoms with E-state index < -0.39 is 24.8 Å². The first-order valence-electron chi connectivity index (χ1n) is 6.41. The molecule has 0 saturated carbocycles. The highest BCUT2D eigenvalue weighted by Crippen LogP contribution is 2.31. The van der Waals surface area contributed by atoms with Crippen LogP contribution < -0.4 is 15.2 Å². The Hall–Kier alpha value is -2.06. The molecular formula is C15H13ClF5NO2. The molecule has 0 aliphatic carbocycles. The SMILES string of the molecule is Cl.N[C@H](c1ccc(OC(F)(F)F)cc1)c1ccccc1OC(F)F. The van der Waals surface area contributed by atoms with Crippen LogP contribution in [0.1, 0.15) is 17.2 Å². The molecule has 0 aliphatic heterocycles. The van der Waals surface area contributed by atoms with Crippen LogP contribution in [0.4, 0.5) is 22.0 Å². The summed E-state index contributed by atoms with van der Waals surface area (Å²) in [4.78, 5) is 0. The summed E-state index contributed by atoms with van der Waals surface area (Å²) in [5.74, 6) is -0.490. The quantitative estimate of drug-likeness (QED) is 0.780. The molecule has 9 heteroatoms. The van der Waals surface area contributed by atoms with Gasteiger partial charge in [-0.25, -0.2) is 0 Å². The molecule has 0 bridgehead atoms. The van der Waals surface area contributed by atoms with Crippen LogP contribution >= 0.6 is 12.4 Å². The van der Waals surface area contributed by atoms with Crippen molar-refractivity contribution in [2.75, 3.05) is 0 Å². The van der Waals surface area contributed by atoms with E-state index in [-0.39, 0.29) is 23.7 Å². The number of para-hydroxylation sites is 1. The van der Waals surface area contributed by atoms with Crippen LogP contribution in [-0.2, 0) is 0 Å². The highest BCUT2D eigenvalue weighted by atomic mass is 35.5. The molecule has 0 radical (unpaired) electrons. The first-order chi connectivity index (χ1) is 10.8. The summed E-state index contributed by atoms with van der Waals surface area (Å²) in [7, 11) is 0. The smallest absolute Gasteiger partial charge is 0.434 e. The van der Waals surface area contributed by atoms with Gasteiger partial charge in [0.15, 0.2) is 0 Å². The summed E-state index contributed by atoms with van der Waals surface area (Å²) in [5, 5.41) is 0. The van der Waals surface area contributed by atoms with Crippen LogP contribution in [0.25, 0.3) is 0 Å². The summed E-state index contributed by atoms with van der Waals surface area (Å²) in [5.41, 5.74) is 6.69. The van der Waals surface area contributed by atoms with E-state index >= 15 is 0 Å². The second-order valence-corrected chi connectivity index (χ2v) is 4.51. The topological polar surface area (TPSA) is 44.5 Å². The van der Waals surface area contributed by atoms with Gasteiger partial charge in [-0.05, 0) is 23.8 Å². The molecule has 0 spiro atoms. The fourth-order valence-corrected chi connectivity index (χ4v) is 2.00. The maximum absolute atomic E-state index is 12.4. The van der Waals surface area contributed by atoms with Crippen molar-refractivity contribution in [3.8, 4) is 11.5 Å². The minimum absolute atomic E-state index is 0. The van der Waals surface area contributed by atoms with Crippen LogP contribution in [0.15, 0.2) is 48.5 Å². The Morgan fingerprint density at radius 2 is 1.50 bits per heavy atom. The first kappa shape index (κ1) is 20.0. The van der Waals surface area contributed by atoms with Crippen LogP contribution in [0.3, 0.4) is 0 Å². The predicted octanol–water partition coefficient (Wildman–Crippen LogP) is 4.66. The number of ether oxygens (including phenoxy) is 2. The van der Waals surface area contributed by atoms with Gasteiger partial charge in [0.05, 0.1) is 6.04 Å². The fraction of sp³-hybridized carbons (Fsp3) is 0.200. The second-order valence-electron chi connectivity index (χ2n) is 4.51. The molecule has 2 aromatic rings. The van der Waals surface area contributed by atoms with Gasteiger partial charge in [0.2, 0.25) is 0 Å². The van der Waals surface area contributed by atoms with E-state index in [0.29, 0.717) is 5.56 Å². The zero-order valence-corrected chi connectivity index (χ0v) is 12.8. The van der Waals surface area contributed by atoms with Crippen molar-refractivity contribution in [1.29, 1.82) is 0 Å². The first-order valence-corrected chi connectivity index (χ1v) is 6.41. The molecule has 0 heterocycles. The van der Waals surface area contributed by atoms with Gasteiger partial charge in [0, 0.05) is 5.56 Å². The Balaban J connectivity index is 0.00000288. The van der Waals surface area contributed by atoms with Crippen LogP contribution in [0.5, 0.6) is 11.5 Å². The predicted molar refractivity (Wildman–Crippen MR) is 79.5 cm³/mol. The molecule has 0 amide bonds. The van der Waals surface area contributed by atoms with Crippen molar-refractivity contribution in [2.24, 2.45) is 5.73 Å². The van der Waals surface area contributed by atoms with Crippen molar-refractivity contribution in [3.05, 3.63) is 59.7 Å². The van der Waals surface area contributed by atoms with Crippen molar-refractivity contribution < 1.29 is 31.4 Å². The summed E-state index contributed by atoms with van der Waals surface area (Å²) in [6.45, 7) is -3.01. The third-order valence-electron chi connectivity index (χ3n) is 2.94. The van der Waals surface area contributed by atoms with Crippen LogP contribution in [0.2, 0.25) is 0 Å².